The van der Waals surface area contributed by atoms with E-state index < -0.39 is 12.9 Å². The first-order valence-electron chi connectivity index (χ1n) is 5.17. The largest absolute Gasteiger partial charge is 0.396 e. The first-order valence-corrected chi connectivity index (χ1v) is 3.17. The summed E-state index contributed by atoms with van der Waals surface area (Å²) >= 11 is 0. The lowest BCUT2D eigenvalue weighted by Gasteiger charge is -2.05. The molecule has 0 aliphatic heterocycles. The van der Waals surface area contributed by atoms with E-state index in [-0.39, 0.29) is 6.61 Å². The molecule has 0 bridgehead atoms. The fraction of sp³-hybridized carbons (Fsp3) is 1.00. The molecule has 0 rings (SSSR count). The van der Waals surface area contributed by atoms with E-state index in [1.54, 1.807) is 0 Å². The van der Waals surface area contributed by atoms with Gasteiger partial charge in [-0.2, -0.15) is 0 Å². The SMILES string of the molecule is [2H]C([2H])([2H])C([2H])(C)NCCCCO. The van der Waals surface area contributed by atoms with Gasteiger partial charge >= 0.3 is 0 Å². The zero-order valence-electron chi connectivity index (χ0n) is 9.78. The van der Waals surface area contributed by atoms with E-state index in [9.17, 15) is 0 Å². The van der Waals surface area contributed by atoms with Crippen LogP contribution in [0.2, 0.25) is 0 Å². The van der Waals surface area contributed by atoms with E-state index in [0.29, 0.717) is 19.4 Å². The number of hydrogen-bond acceptors (Lipinski definition) is 2. The number of aliphatic hydroxyl groups excluding tert-OH is 1. The lowest BCUT2D eigenvalue weighted by atomic mass is 10.3. The minimum absolute atomic E-state index is 0.101. The van der Waals surface area contributed by atoms with Crippen molar-refractivity contribution in [1.29, 1.82) is 0 Å². The minimum atomic E-state index is -2.31. The zero-order chi connectivity index (χ0) is 10.5. The first-order chi connectivity index (χ1) is 5.81. The molecule has 0 amide bonds. The average molecular weight is 135 g/mol. The third-order valence-corrected chi connectivity index (χ3v) is 0.975. The van der Waals surface area contributed by atoms with Gasteiger partial charge in [0, 0.05) is 18.1 Å². The van der Waals surface area contributed by atoms with Crippen molar-refractivity contribution >= 4 is 0 Å². The molecule has 0 saturated carbocycles. The fourth-order valence-corrected chi connectivity index (χ4v) is 0.513. The summed E-state index contributed by atoms with van der Waals surface area (Å²) in [6.45, 7) is -0.436. The van der Waals surface area contributed by atoms with Crippen LogP contribution in [-0.4, -0.2) is 24.3 Å². The van der Waals surface area contributed by atoms with Crippen molar-refractivity contribution in [3.05, 3.63) is 0 Å². The fourth-order valence-electron chi connectivity index (χ4n) is 0.513. The van der Waals surface area contributed by atoms with Crippen LogP contribution in [0.1, 0.15) is 32.1 Å². The number of aliphatic hydroxyl groups is 1. The lowest BCUT2D eigenvalue weighted by molar-refractivity contribution is 0.283. The van der Waals surface area contributed by atoms with Crippen molar-refractivity contribution < 1.29 is 10.6 Å². The second-order valence-electron chi connectivity index (χ2n) is 1.98. The highest BCUT2D eigenvalue weighted by Crippen LogP contribution is 1.85. The van der Waals surface area contributed by atoms with Crippen LogP contribution in [0.4, 0.5) is 0 Å². The zero-order valence-corrected chi connectivity index (χ0v) is 5.78. The van der Waals surface area contributed by atoms with E-state index >= 15 is 0 Å². The summed E-state index contributed by atoms with van der Waals surface area (Å²) in [5, 5.41) is 11.1. The van der Waals surface area contributed by atoms with Gasteiger partial charge in [-0.15, -0.1) is 0 Å². The molecule has 1 atom stereocenters. The maximum atomic E-state index is 8.47. The molecule has 0 aromatic carbocycles. The molecule has 2 heteroatoms. The molecule has 0 spiro atoms. The molecular weight excluding hydrogens is 114 g/mol. The Bertz CT molecular complexity index is 146. The van der Waals surface area contributed by atoms with Gasteiger partial charge in [-0.25, -0.2) is 0 Å². The number of hydrogen-bond donors (Lipinski definition) is 2. The Morgan fingerprint density at radius 3 is 3.11 bits per heavy atom. The standard InChI is InChI=1S/C7H17NO/c1-7(2)8-5-3-4-6-9/h7-9H,3-6H2,1-2H3/i1D3,7D. The number of rotatable bonds is 5. The van der Waals surface area contributed by atoms with E-state index in [1.165, 1.54) is 6.92 Å². The van der Waals surface area contributed by atoms with Crippen LogP contribution in [0.3, 0.4) is 0 Å². The molecule has 0 saturated heterocycles. The molecule has 0 aliphatic carbocycles. The van der Waals surface area contributed by atoms with Gasteiger partial charge in [0.25, 0.3) is 0 Å². The highest BCUT2D eigenvalue weighted by atomic mass is 16.2. The molecule has 9 heavy (non-hydrogen) atoms. The monoisotopic (exact) mass is 135 g/mol. The summed E-state index contributed by atoms with van der Waals surface area (Å²) in [4.78, 5) is 0. The van der Waals surface area contributed by atoms with Crippen molar-refractivity contribution in [2.75, 3.05) is 13.2 Å². The van der Waals surface area contributed by atoms with Crippen molar-refractivity contribution in [2.45, 2.75) is 32.6 Å². The van der Waals surface area contributed by atoms with Crippen LogP contribution in [-0.2, 0) is 0 Å². The van der Waals surface area contributed by atoms with Crippen molar-refractivity contribution in [1.82, 2.24) is 5.32 Å². The van der Waals surface area contributed by atoms with Gasteiger partial charge in [0.1, 0.15) is 0 Å². The van der Waals surface area contributed by atoms with Gasteiger partial charge in [0.2, 0.25) is 0 Å². The Balaban J connectivity index is 3.77. The molecular formula is C7H17NO. The molecule has 0 aromatic rings. The molecule has 0 heterocycles. The lowest BCUT2D eigenvalue weighted by Crippen LogP contribution is -2.23. The first kappa shape index (κ1) is 3.94. The Morgan fingerprint density at radius 2 is 2.56 bits per heavy atom. The summed E-state index contributed by atoms with van der Waals surface area (Å²) in [5.41, 5.74) is 0. The predicted octanol–water partition coefficient (Wildman–Crippen LogP) is 0.757. The highest BCUT2D eigenvalue weighted by Gasteiger charge is 1.89. The molecule has 2 N–H and O–H groups in total. The third-order valence-electron chi connectivity index (χ3n) is 0.975. The predicted molar refractivity (Wildman–Crippen MR) is 39.5 cm³/mol. The summed E-state index contributed by atoms with van der Waals surface area (Å²) in [7, 11) is 0. The van der Waals surface area contributed by atoms with Gasteiger partial charge in [-0.3, -0.25) is 0 Å². The van der Waals surface area contributed by atoms with Crippen LogP contribution in [0.15, 0.2) is 0 Å². The molecule has 1 unspecified atom stereocenters. The molecule has 0 radical (unpaired) electrons. The maximum absolute atomic E-state index is 8.47. The van der Waals surface area contributed by atoms with Gasteiger partial charge < -0.3 is 10.4 Å². The Labute approximate surface area is 62.9 Å². The highest BCUT2D eigenvalue weighted by molar-refractivity contribution is 4.51. The van der Waals surface area contributed by atoms with Crippen LogP contribution >= 0.6 is 0 Å². The summed E-state index contributed by atoms with van der Waals surface area (Å²) in [5.74, 6) is 0. The average Bonchev–Trinajstić information content (AvgIpc) is 1.96. The molecule has 0 aromatic heterocycles. The van der Waals surface area contributed by atoms with Gasteiger partial charge in [0.15, 0.2) is 0 Å². The number of unbranched alkanes of at least 4 members (excludes halogenated alkanes) is 1. The third kappa shape index (κ3) is 7.92. The Hall–Kier alpha value is -0.0800. The molecule has 2 nitrogen and oxygen atoms in total. The van der Waals surface area contributed by atoms with Gasteiger partial charge in [-0.1, -0.05) is 13.8 Å². The van der Waals surface area contributed by atoms with Crippen LogP contribution in [0.5, 0.6) is 0 Å². The van der Waals surface area contributed by atoms with Crippen LogP contribution in [0.25, 0.3) is 0 Å². The maximum Gasteiger partial charge on any atom is 0.0459 e. The number of nitrogens with one attached hydrogen (secondary N) is 1. The quantitative estimate of drug-likeness (QED) is 0.545. The minimum Gasteiger partial charge on any atom is -0.396 e. The van der Waals surface area contributed by atoms with Crippen molar-refractivity contribution in [3.8, 4) is 0 Å². The Kier molecular flexibility index (Phi) is 2.65. The van der Waals surface area contributed by atoms with Crippen LogP contribution < -0.4 is 5.32 Å². The second kappa shape index (κ2) is 6.05. The van der Waals surface area contributed by atoms with Crippen molar-refractivity contribution in [2.24, 2.45) is 0 Å². The normalized spacial score (nSPS) is 25.1. The van der Waals surface area contributed by atoms with Crippen LogP contribution in [0, 0.1) is 0 Å². The van der Waals surface area contributed by atoms with E-state index in [0.717, 1.165) is 0 Å². The summed E-state index contributed by atoms with van der Waals surface area (Å²) < 4.78 is 28.6. The summed E-state index contributed by atoms with van der Waals surface area (Å²) in [6, 6.07) is -1.59. The molecule has 0 aliphatic rings. The molecule has 56 valence electrons. The van der Waals surface area contributed by atoms with Gasteiger partial charge in [-0.05, 0) is 19.4 Å². The van der Waals surface area contributed by atoms with E-state index in [4.69, 9.17) is 10.6 Å². The van der Waals surface area contributed by atoms with Gasteiger partial charge in [0.05, 0.1) is 0 Å². The second-order valence-corrected chi connectivity index (χ2v) is 1.98. The summed E-state index contributed by atoms with van der Waals surface area (Å²) in [6.07, 6.45) is 1.31. The van der Waals surface area contributed by atoms with E-state index in [2.05, 4.69) is 5.32 Å². The molecule has 0 fully saturated rings. The smallest absolute Gasteiger partial charge is 0.0459 e. The Morgan fingerprint density at radius 1 is 1.78 bits per heavy atom. The van der Waals surface area contributed by atoms with Crippen molar-refractivity contribution in [3.63, 3.8) is 0 Å². The van der Waals surface area contributed by atoms with E-state index in [1.807, 2.05) is 0 Å². The topological polar surface area (TPSA) is 32.3 Å².